The fourth-order valence-electron chi connectivity index (χ4n) is 2.48. The molecule has 0 aliphatic heterocycles. The Hall–Kier alpha value is -2.28. The number of aliphatic carboxylic acids is 2. The van der Waals surface area contributed by atoms with Crippen molar-refractivity contribution in [2.75, 3.05) is 52.5 Å². The maximum atomic E-state index is 11.0. The normalized spacial score (nSPS) is 11.9. The Morgan fingerprint density at radius 3 is 1.08 bits per heavy atom. The van der Waals surface area contributed by atoms with E-state index in [1.54, 1.807) is 0 Å². The lowest BCUT2D eigenvalue weighted by Crippen LogP contribution is -2.39. The van der Waals surface area contributed by atoms with E-state index in [0.717, 1.165) is 52.1 Å². The van der Waals surface area contributed by atoms with Gasteiger partial charge in [-0.2, -0.15) is 0 Å². The number of esters is 2. The van der Waals surface area contributed by atoms with Crippen LogP contribution in [0, 0.1) is 0 Å². The van der Waals surface area contributed by atoms with Crippen LogP contribution in [0.15, 0.2) is 0 Å². The number of carbonyl (C=O) groups is 4. The van der Waals surface area contributed by atoms with Gasteiger partial charge in [0.25, 0.3) is 0 Å². The zero-order valence-electron chi connectivity index (χ0n) is 22.8. The molecular weight excluding hydrogens is 476 g/mol. The number of hydrogen-bond donors (Lipinski definition) is 4. The smallest absolute Gasteiger partial charge is 0.335 e. The zero-order chi connectivity index (χ0) is 28.5. The molecule has 214 valence electrons. The van der Waals surface area contributed by atoms with E-state index >= 15 is 0 Å². The van der Waals surface area contributed by atoms with Gasteiger partial charge in [0.05, 0.1) is 0 Å². The van der Waals surface area contributed by atoms with Gasteiger partial charge in [-0.15, -0.1) is 0 Å². The summed E-state index contributed by atoms with van der Waals surface area (Å²) >= 11 is 0. The molecule has 12 heteroatoms. The molecule has 0 bridgehead atoms. The van der Waals surface area contributed by atoms with Gasteiger partial charge in [0.2, 0.25) is 0 Å². The van der Waals surface area contributed by atoms with Crippen molar-refractivity contribution >= 4 is 23.9 Å². The van der Waals surface area contributed by atoms with Crippen LogP contribution in [0.5, 0.6) is 0 Å². The number of likely N-dealkylation sites (N-methyl/N-ethyl adjacent to an activating group) is 2. The van der Waals surface area contributed by atoms with Crippen LogP contribution in [0.25, 0.3) is 0 Å². The Balaban J connectivity index is -0.000000459. The Morgan fingerprint density at radius 2 is 0.889 bits per heavy atom. The molecule has 0 spiro atoms. The van der Waals surface area contributed by atoms with Crippen LogP contribution < -0.4 is 0 Å². The molecule has 0 radical (unpaired) electrons. The quantitative estimate of drug-likeness (QED) is 0.201. The summed E-state index contributed by atoms with van der Waals surface area (Å²) in [6.45, 7) is 19.2. The van der Waals surface area contributed by atoms with Gasteiger partial charge in [0.1, 0.15) is 13.2 Å². The number of nitrogens with zero attached hydrogens (tertiary/aromatic N) is 2. The molecule has 12 nitrogen and oxygen atoms in total. The lowest BCUT2D eigenvalue weighted by molar-refractivity contribution is -0.165. The first kappa shape index (κ1) is 38.3. The van der Waals surface area contributed by atoms with Crippen LogP contribution in [0.2, 0.25) is 0 Å². The SMILES string of the molecule is CCCC(=O)OCCN(CC)CC.CCCC(=O)OCCN(CC)CC.O=C(O)C(O)C(O)C(=O)O. The minimum Gasteiger partial charge on any atom is -0.479 e. The first-order valence-electron chi connectivity index (χ1n) is 12.5. The molecule has 2 atom stereocenters. The summed E-state index contributed by atoms with van der Waals surface area (Å²) in [7, 11) is 0. The highest BCUT2D eigenvalue weighted by molar-refractivity contribution is 5.83. The van der Waals surface area contributed by atoms with Crippen molar-refractivity contribution in [3.05, 3.63) is 0 Å². The van der Waals surface area contributed by atoms with E-state index in [1.807, 2.05) is 13.8 Å². The second-order valence-electron chi connectivity index (χ2n) is 7.56. The van der Waals surface area contributed by atoms with Crippen molar-refractivity contribution < 1.29 is 49.1 Å². The molecule has 0 saturated heterocycles. The highest BCUT2D eigenvalue weighted by Crippen LogP contribution is 1.94. The fourth-order valence-corrected chi connectivity index (χ4v) is 2.48. The largest absolute Gasteiger partial charge is 0.479 e. The van der Waals surface area contributed by atoms with Crippen molar-refractivity contribution in [2.24, 2.45) is 0 Å². The average molecular weight is 525 g/mol. The lowest BCUT2D eigenvalue weighted by Gasteiger charge is -2.17. The third kappa shape index (κ3) is 23.5. The summed E-state index contributed by atoms with van der Waals surface area (Å²) in [6.07, 6.45) is -1.72. The van der Waals surface area contributed by atoms with E-state index < -0.39 is 24.1 Å². The molecule has 0 amide bonds. The fraction of sp³-hybridized carbons (Fsp3) is 0.833. The summed E-state index contributed by atoms with van der Waals surface area (Å²) < 4.78 is 10.1. The molecule has 0 aromatic heterocycles. The van der Waals surface area contributed by atoms with E-state index in [-0.39, 0.29) is 11.9 Å². The molecule has 2 unspecified atom stereocenters. The summed E-state index contributed by atoms with van der Waals surface area (Å²) in [5, 5.41) is 32.5. The highest BCUT2D eigenvalue weighted by Gasteiger charge is 2.29. The second kappa shape index (κ2) is 25.8. The Labute approximate surface area is 215 Å². The van der Waals surface area contributed by atoms with Crippen molar-refractivity contribution in [2.45, 2.75) is 79.4 Å². The number of hydrogen-bond acceptors (Lipinski definition) is 10. The third-order valence-electron chi connectivity index (χ3n) is 4.84. The summed E-state index contributed by atoms with van der Waals surface area (Å²) in [4.78, 5) is 45.9. The average Bonchev–Trinajstić information content (AvgIpc) is 2.84. The van der Waals surface area contributed by atoms with Crippen molar-refractivity contribution in [1.29, 1.82) is 0 Å². The van der Waals surface area contributed by atoms with Gasteiger partial charge in [-0.05, 0) is 39.0 Å². The molecule has 0 aliphatic carbocycles. The van der Waals surface area contributed by atoms with Gasteiger partial charge < -0.3 is 39.7 Å². The first-order chi connectivity index (χ1) is 16.9. The summed E-state index contributed by atoms with van der Waals surface area (Å²) in [6, 6.07) is 0. The highest BCUT2D eigenvalue weighted by atomic mass is 16.5. The van der Waals surface area contributed by atoms with Gasteiger partial charge in [-0.25, -0.2) is 9.59 Å². The van der Waals surface area contributed by atoms with Gasteiger partial charge in [0.15, 0.2) is 12.2 Å². The van der Waals surface area contributed by atoms with Crippen LogP contribution in [0.4, 0.5) is 0 Å². The van der Waals surface area contributed by atoms with Gasteiger partial charge in [-0.3, -0.25) is 9.59 Å². The molecule has 0 heterocycles. The number of rotatable bonds is 17. The first-order valence-corrected chi connectivity index (χ1v) is 12.5. The van der Waals surface area contributed by atoms with Gasteiger partial charge in [-0.1, -0.05) is 41.5 Å². The molecule has 0 saturated carbocycles. The monoisotopic (exact) mass is 524 g/mol. The molecule has 0 fully saturated rings. The maximum Gasteiger partial charge on any atom is 0.335 e. The van der Waals surface area contributed by atoms with Gasteiger partial charge in [0, 0.05) is 25.9 Å². The molecule has 0 aromatic carbocycles. The third-order valence-corrected chi connectivity index (χ3v) is 4.84. The van der Waals surface area contributed by atoms with E-state index in [0.29, 0.717) is 26.1 Å². The van der Waals surface area contributed by atoms with E-state index in [2.05, 4.69) is 37.5 Å². The molecule has 0 aliphatic rings. The second-order valence-corrected chi connectivity index (χ2v) is 7.56. The Bertz CT molecular complexity index is 531. The standard InChI is InChI=1S/2C10H21NO2.C4H6O6/c2*1-4-7-10(12)13-9-8-11(5-2)6-3;5-1(3(7)8)2(6)4(9)10/h2*4-9H2,1-3H3;1-2,5-6H,(H,7,8)(H,9,10). The summed E-state index contributed by atoms with van der Waals surface area (Å²) in [5.41, 5.74) is 0. The van der Waals surface area contributed by atoms with Crippen molar-refractivity contribution in [3.63, 3.8) is 0 Å². The minimum absolute atomic E-state index is 0.0744. The minimum atomic E-state index is -2.27. The van der Waals surface area contributed by atoms with Crippen molar-refractivity contribution in [1.82, 2.24) is 9.80 Å². The predicted molar refractivity (Wildman–Crippen MR) is 135 cm³/mol. The number of carboxylic acids is 2. The number of aliphatic hydroxyl groups excluding tert-OH is 2. The maximum absolute atomic E-state index is 11.0. The van der Waals surface area contributed by atoms with Crippen LogP contribution >= 0.6 is 0 Å². The molecule has 36 heavy (non-hydrogen) atoms. The van der Waals surface area contributed by atoms with Gasteiger partial charge >= 0.3 is 23.9 Å². The van der Waals surface area contributed by atoms with E-state index in [9.17, 15) is 19.2 Å². The number of ether oxygens (including phenoxy) is 2. The summed E-state index contributed by atoms with van der Waals surface area (Å²) in [5.74, 6) is -3.69. The van der Waals surface area contributed by atoms with Crippen molar-refractivity contribution in [3.8, 4) is 0 Å². The molecule has 0 rings (SSSR count). The van der Waals surface area contributed by atoms with Crippen LogP contribution in [-0.2, 0) is 28.7 Å². The zero-order valence-corrected chi connectivity index (χ0v) is 22.8. The number of carboxylic acid groups (broad SMARTS) is 2. The molecular formula is C24H48N2O10. The Morgan fingerprint density at radius 1 is 0.611 bits per heavy atom. The molecule has 4 N–H and O–H groups in total. The topological polar surface area (TPSA) is 174 Å². The van der Waals surface area contributed by atoms with Crippen LogP contribution in [0.3, 0.4) is 0 Å². The van der Waals surface area contributed by atoms with E-state index in [1.165, 1.54) is 0 Å². The van der Waals surface area contributed by atoms with E-state index in [4.69, 9.17) is 29.9 Å². The Kier molecular flexibility index (Phi) is 27.4. The molecule has 0 aromatic rings. The van der Waals surface area contributed by atoms with Crippen LogP contribution in [-0.4, -0.2) is 119 Å². The van der Waals surface area contributed by atoms with Crippen LogP contribution in [0.1, 0.15) is 67.2 Å². The number of carbonyl (C=O) groups excluding carboxylic acids is 2. The predicted octanol–water partition coefficient (Wildman–Crippen LogP) is 1.22. The number of aliphatic hydroxyl groups is 2. The lowest BCUT2D eigenvalue weighted by atomic mass is 10.2.